The molecule has 1 atom stereocenters. The van der Waals surface area contributed by atoms with Crippen LogP contribution in [0.15, 0.2) is 11.2 Å². The van der Waals surface area contributed by atoms with Crippen molar-refractivity contribution in [1.29, 1.82) is 0 Å². The van der Waals surface area contributed by atoms with Crippen LogP contribution in [0.5, 0.6) is 0 Å². The van der Waals surface area contributed by atoms with Gasteiger partial charge in [0.2, 0.25) is 5.16 Å². The number of hydrogen-bond acceptors (Lipinski definition) is 5. The summed E-state index contributed by atoms with van der Waals surface area (Å²) >= 11 is 5.90. The Morgan fingerprint density at radius 3 is 2.54 bits per heavy atom. The van der Waals surface area contributed by atoms with E-state index in [4.69, 9.17) is 16.3 Å². The Morgan fingerprint density at radius 1 is 1.38 bits per heavy atom. The van der Waals surface area contributed by atoms with Crippen LogP contribution < -0.4 is 0 Å². The summed E-state index contributed by atoms with van der Waals surface area (Å²) in [6.45, 7) is 8.60. The van der Waals surface area contributed by atoms with Crippen LogP contribution in [-0.4, -0.2) is 49.6 Å². The molecule has 134 valence electrons. The van der Waals surface area contributed by atoms with Crippen LogP contribution in [-0.2, 0) is 15.5 Å². The Hall–Kier alpha value is -1.21. The van der Waals surface area contributed by atoms with Crippen LogP contribution in [0.3, 0.4) is 0 Å². The first kappa shape index (κ1) is 19.1. The van der Waals surface area contributed by atoms with Gasteiger partial charge < -0.3 is 9.64 Å². The molecule has 0 bridgehead atoms. The van der Waals surface area contributed by atoms with Crippen LogP contribution in [0.4, 0.5) is 4.79 Å². The Labute approximate surface area is 150 Å². The van der Waals surface area contributed by atoms with Crippen molar-refractivity contribution in [2.45, 2.75) is 51.3 Å². The van der Waals surface area contributed by atoms with E-state index in [2.05, 4.69) is 9.97 Å². The number of likely N-dealkylation sites (tertiary alicyclic amines) is 1. The topological polar surface area (TPSA) is 72.4 Å². The standard InChI is InChI=1S/C16H24ClN3O3S/c1-11-9-13(17)19-14(18-11)24(22)10-12-5-7-20(8-6-12)15(21)23-16(2,3)4/h9,12H,5-8,10H2,1-4H3/t24-/m0/s1. The maximum absolute atomic E-state index is 12.4. The first-order valence-corrected chi connectivity index (χ1v) is 9.71. The summed E-state index contributed by atoms with van der Waals surface area (Å²) in [4.78, 5) is 22.0. The average molecular weight is 374 g/mol. The lowest BCUT2D eigenvalue weighted by Crippen LogP contribution is -2.42. The van der Waals surface area contributed by atoms with Gasteiger partial charge in [0.1, 0.15) is 10.8 Å². The molecule has 1 aliphatic heterocycles. The predicted octanol–water partition coefficient (Wildman–Crippen LogP) is 3.19. The summed E-state index contributed by atoms with van der Waals surface area (Å²) < 4.78 is 17.8. The quantitative estimate of drug-likeness (QED) is 0.601. The van der Waals surface area contributed by atoms with E-state index in [1.807, 2.05) is 20.8 Å². The lowest BCUT2D eigenvalue weighted by atomic mass is 9.99. The number of aryl methyl sites for hydroxylation is 1. The molecule has 1 saturated heterocycles. The Bertz CT molecular complexity index is 605. The fraction of sp³-hybridized carbons (Fsp3) is 0.688. The van der Waals surface area contributed by atoms with Crippen molar-refractivity contribution in [2.75, 3.05) is 18.8 Å². The number of halogens is 1. The molecule has 2 rings (SSSR count). The molecule has 0 radical (unpaired) electrons. The first-order valence-electron chi connectivity index (χ1n) is 8.01. The van der Waals surface area contributed by atoms with Gasteiger partial charge in [0.25, 0.3) is 0 Å². The monoisotopic (exact) mass is 373 g/mol. The lowest BCUT2D eigenvalue weighted by Gasteiger charge is -2.33. The zero-order chi connectivity index (χ0) is 17.9. The molecular weight excluding hydrogens is 350 g/mol. The van der Waals surface area contributed by atoms with Crippen molar-refractivity contribution in [3.05, 3.63) is 16.9 Å². The fourth-order valence-corrected chi connectivity index (χ4v) is 4.15. The lowest BCUT2D eigenvalue weighted by molar-refractivity contribution is 0.0191. The van der Waals surface area contributed by atoms with Gasteiger partial charge in [-0.25, -0.2) is 14.8 Å². The second kappa shape index (κ2) is 7.78. The smallest absolute Gasteiger partial charge is 0.410 e. The van der Waals surface area contributed by atoms with E-state index in [1.54, 1.807) is 17.9 Å². The Kier molecular flexibility index (Phi) is 6.20. The first-order chi connectivity index (χ1) is 11.1. The second-order valence-corrected chi connectivity index (χ2v) is 8.81. The molecule has 1 aromatic rings. The molecular formula is C16H24ClN3O3S. The van der Waals surface area contributed by atoms with Gasteiger partial charge in [0, 0.05) is 24.5 Å². The molecule has 0 aromatic carbocycles. The molecule has 0 aliphatic carbocycles. The van der Waals surface area contributed by atoms with Crippen LogP contribution in [0.1, 0.15) is 39.3 Å². The molecule has 1 amide bonds. The maximum atomic E-state index is 12.4. The van der Waals surface area contributed by atoms with E-state index in [9.17, 15) is 9.00 Å². The predicted molar refractivity (Wildman–Crippen MR) is 93.6 cm³/mol. The van der Waals surface area contributed by atoms with Crippen molar-refractivity contribution in [2.24, 2.45) is 5.92 Å². The highest BCUT2D eigenvalue weighted by atomic mass is 35.5. The number of hydrogen-bond donors (Lipinski definition) is 0. The van der Waals surface area contributed by atoms with Gasteiger partial charge in [-0.05, 0) is 52.5 Å². The second-order valence-electron chi connectivity index (χ2n) is 7.04. The zero-order valence-electron chi connectivity index (χ0n) is 14.5. The highest BCUT2D eigenvalue weighted by Gasteiger charge is 2.28. The van der Waals surface area contributed by atoms with Gasteiger partial charge in [-0.15, -0.1) is 0 Å². The highest BCUT2D eigenvalue weighted by molar-refractivity contribution is 7.84. The third kappa shape index (κ3) is 5.70. The summed E-state index contributed by atoms with van der Waals surface area (Å²) in [6.07, 6.45) is 1.31. The van der Waals surface area contributed by atoms with Crippen LogP contribution in [0.2, 0.25) is 5.15 Å². The minimum absolute atomic E-state index is 0.271. The number of carbonyl (C=O) groups is 1. The number of piperidine rings is 1. The molecule has 0 saturated carbocycles. The number of amides is 1. The Balaban J connectivity index is 1.86. The molecule has 1 aliphatic rings. The largest absolute Gasteiger partial charge is 0.444 e. The van der Waals surface area contributed by atoms with Crippen molar-refractivity contribution >= 4 is 28.5 Å². The number of rotatable bonds is 3. The zero-order valence-corrected chi connectivity index (χ0v) is 16.1. The van der Waals surface area contributed by atoms with Gasteiger partial charge >= 0.3 is 6.09 Å². The average Bonchev–Trinajstić information content (AvgIpc) is 2.45. The molecule has 0 N–H and O–H groups in total. The van der Waals surface area contributed by atoms with E-state index in [0.29, 0.717) is 29.7 Å². The van der Waals surface area contributed by atoms with Crippen molar-refractivity contribution in [3.8, 4) is 0 Å². The highest BCUT2D eigenvalue weighted by Crippen LogP contribution is 2.22. The van der Waals surface area contributed by atoms with E-state index < -0.39 is 16.4 Å². The molecule has 0 spiro atoms. The summed E-state index contributed by atoms with van der Waals surface area (Å²) in [6, 6.07) is 1.64. The van der Waals surface area contributed by atoms with Crippen LogP contribution in [0, 0.1) is 12.8 Å². The molecule has 0 unspecified atom stereocenters. The van der Waals surface area contributed by atoms with Crippen molar-refractivity contribution in [1.82, 2.24) is 14.9 Å². The summed E-state index contributed by atoms with van der Waals surface area (Å²) in [5.74, 6) is 0.759. The molecule has 24 heavy (non-hydrogen) atoms. The fourth-order valence-electron chi connectivity index (χ4n) is 2.50. The van der Waals surface area contributed by atoms with Gasteiger partial charge in [0.15, 0.2) is 0 Å². The number of carbonyl (C=O) groups excluding carboxylic acids is 1. The molecule has 2 heterocycles. The normalized spacial score (nSPS) is 17.6. The molecule has 8 heteroatoms. The van der Waals surface area contributed by atoms with Crippen molar-refractivity contribution in [3.63, 3.8) is 0 Å². The Morgan fingerprint density at radius 2 is 2.00 bits per heavy atom. The van der Waals surface area contributed by atoms with Gasteiger partial charge in [-0.2, -0.15) is 0 Å². The SMILES string of the molecule is Cc1cc(Cl)nc([S@@](=O)CC2CCN(C(=O)OC(C)(C)C)CC2)n1. The molecule has 1 aromatic heterocycles. The van der Waals surface area contributed by atoms with E-state index in [1.165, 1.54) is 0 Å². The number of aromatic nitrogens is 2. The van der Waals surface area contributed by atoms with E-state index in [-0.39, 0.29) is 17.2 Å². The molecule has 6 nitrogen and oxygen atoms in total. The third-order valence-corrected chi connectivity index (χ3v) is 5.22. The van der Waals surface area contributed by atoms with E-state index in [0.717, 1.165) is 12.8 Å². The summed E-state index contributed by atoms with van der Waals surface area (Å²) in [7, 11) is -1.28. The van der Waals surface area contributed by atoms with Crippen LogP contribution in [0.25, 0.3) is 0 Å². The minimum Gasteiger partial charge on any atom is -0.444 e. The minimum atomic E-state index is -1.28. The third-order valence-electron chi connectivity index (χ3n) is 3.66. The number of nitrogens with zero attached hydrogens (tertiary/aromatic N) is 3. The van der Waals surface area contributed by atoms with Crippen molar-refractivity contribution < 1.29 is 13.7 Å². The van der Waals surface area contributed by atoms with E-state index >= 15 is 0 Å². The summed E-state index contributed by atoms with van der Waals surface area (Å²) in [5, 5.41) is 0.597. The van der Waals surface area contributed by atoms with Gasteiger partial charge in [0.05, 0.1) is 10.8 Å². The van der Waals surface area contributed by atoms with Gasteiger partial charge in [-0.1, -0.05) is 11.6 Å². The molecule has 1 fully saturated rings. The van der Waals surface area contributed by atoms with Gasteiger partial charge in [-0.3, -0.25) is 4.21 Å². The maximum Gasteiger partial charge on any atom is 0.410 e. The number of ether oxygens (including phenoxy) is 1. The van der Waals surface area contributed by atoms with Crippen LogP contribution >= 0.6 is 11.6 Å². The summed E-state index contributed by atoms with van der Waals surface area (Å²) in [5.41, 5.74) is 0.218.